The smallest absolute Gasteiger partial charge is 0.148 e. The van der Waals surface area contributed by atoms with Crippen LogP contribution >= 0.6 is 11.6 Å². The summed E-state index contributed by atoms with van der Waals surface area (Å²) in [5, 5.41) is 0. The summed E-state index contributed by atoms with van der Waals surface area (Å²) in [7, 11) is 1.60. The van der Waals surface area contributed by atoms with Crippen LogP contribution in [-0.2, 0) is 11.3 Å². The Kier molecular flexibility index (Phi) is 2.78. The van der Waals surface area contributed by atoms with Crippen LogP contribution < -0.4 is 0 Å². The van der Waals surface area contributed by atoms with Gasteiger partial charge in [-0.2, -0.15) is 0 Å². The molecule has 0 amide bonds. The van der Waals surface area contributed by atoms with Crippen molar-refractivity contribution in [3.05, 3.63) is 24.5 Å². The fourth-order valence-corrected chi connectivity index (χ4v) is 0.892. The van der Waals surface area contributed by atoms with Crippen molar-refractivity contribution in [2.24, 2.45) is 0 Å². The molecule has 1 heterocycles. The Hall–Kier alpha value is -0.470. The molecule has 10 heavy (non-hydrogen) atoms. The minimum Gasteiger partial charge on any atom is -0.364 e. The van der Waals surface area contributed by atoms with Gasteiger partial charge in [0, 0.05) is 19.5 Å². The summed E-state index contributed by atoms with van der Waals surface area (Å²) in [6.07, 6.45) is 3.91. The number of nitrogens with zero attached hydrogens (tertiary/aromatic N) is 1. The molecular weight excluding hydrogens is 150 g/mol. The number of methoxy groups -OCH3 is 1. The fraction of sp³-hybridized carbons (Fsp3) is 0.429. The average molecular weight is 160 g/mol. The highest BCUT2D eigenvalue weighted by Gasteiger charge is 2.00. The van der Waals surface area contributed by atoms with E-state index < -0.39 is 0 Å². The van der Waals surface area contributed by atoms with E-state index in [9.17, 15) is 0 Å². The molecule has 1 atom stereocenters. The first kappa shape index (κ1) is 7.63. The molecule has 0 aliphatic carbocycles. The van der Waals surface area contributed by atoms with Gasteiger partial charge in [-0.05, 0) is 12.1 Å². The lowest BCUT2D eigenvalue weighted by molar-refractivity contribution is 0.152. The summed E-state index contributed by atoms with van der Waals surface area (Å²) in [6, 6.07) is 3.92. The summed E-state index contributed by atoms with van der Waals surface area (Å²) >= 11 is 5.71. The van der Waals surface area contributed by atoms with E-state index in [0.717, 1.165) is 0 Å². The summed E-state index contributed by atoms with van der Waals surface area (Å²) in [4.78, 5) is 0. The molecule has 0 fully saturated rings. The molecule has 1 unspecified atom stereocenters. The van der Waals surface area contributed by atoms with E-state index >= 15 is 0 Å². The van der Waals surface area contributed by atoms with Crippen molar-refractivity contribution in [3.8, 4) is 0 Å². The lowest BCUT2D eigenvalue weighted by Gasteiger charge is -2.07. The van der Waals surface area contributed by atoms with E-state index in [1.807, 2.05) is 29.1 Å². The molecule has 0 aliphatic heterocycles. The molecule has 0 aliphatic rings. The van der Waals surface area contributed by atoms with Gasteiger partial charge in [0.25, 0.3) is 0 Å². The van der Waals surface area contributed by atoms with Crippen molar-refractivity contribution in [2.45, 2.75) is 12.1 Å². The molecule has 0 radical (unpaired) electrons. The van der Waals surface area contributed by atoms with Crippen molar-refractivity contribution in [1.29, 1.82) is 0 Å². The number of rotatable bonds is 3. The average Bonchev–Trinajstić information content (AvgIpc) is 2.40. The first-order valence-corrected chi connectivity index (χ1v) is 3.54. The van der Waals surface area contributed by atoms with Crippen molar-refractivity contribution in [1.82, 2.24) is 4.57 Å². The number of halogens is 1. The molecule has 1 aromatic rings. The SMILES string of the molecule is COC(Cl)Cn1cccc1. The Balaban J connectivity index is 2.40. The van der Waals surface area contributed by atoms with E-state index in [1.54, 1.807) is 7.11 Å². The largest absolute Gasteiger partial charge is 0.364 e. The van der Waals surface area contributed by atoms with Gasteiger partial charge < -0.3 is 9.30 Å². The van der Waals surface area contributed by atoms with Gasteiger partial charge in [-0.15, -0.1) is 0 Å². The van der Waals surface area contributed by atoms with Crippen LogP contribution in [0.2, 0.25) is 0 Å². The normalized spacial score (nSPS) is 13.4. The molecule has 0 saturated heterocycles. The van der Waals surface area contributed by atoms with Gasteiger partial charge >= 0.3 is 0 Å². The number of alkyl halides is 1. The van der Waals surface area contributed by atoms with Crippen LogP contribution in [0.1, 0.15) is 0 Å². The first-order valence-electron chi connectivity index (χ1n) is 3.10. The summed E-state index contributed by atoms with van der Waals surface area (Å²) in [5.74, 6) is 0. The monoisotopic (exact) mass is 159 g/mol. The number of ether oxygens (including phenoxy) is 1. The zero-order valence-corrected chi connectivity index (χ0v) is 6.58. The van der Waals surface area contributed by atoms with E-state index in [4.69, 9.17) is 16.3 Å². The number of hydrogen-bond acceptors (Lipinski definition) is 1. The second-order valence-electron chi connectivity index (χ2n) is 2.03. The van der Waals surface area contributed by atoms with E-state index in [1.165, 1.54) is 0 Å². The lowest BCUT2D eigenvalue weighted by Crippen LogP contribution is -2.10. The number of hydrogen-bond donors (Lipinski definition) is 0. The Bertz CT molecular complexity index is 174. The second-order valence-corrected chi connectivity index (χ2v) is 2.51. The highest BCUT2D eigenvalue weighted by Crippen LogP contribution is 2.00. The van der Waals surface area contributed by atoms with Gasteiger partial charge in [0.05, 0.1) is 6.54 Å². The Morgan fingerprint density at radius 3 is 2.60 bits per heavy atom. The van der Waals surface area contributed by atoms with Gasteiger partial charge in [0.1, 0.15) is 5.56 Å². The van der Waals surface area contributed by atoms with E-state index in [0.29, 0.717) is 6.54 Å². The van der Waals surface area contributed by atoms with Crippen molar-refractivity contribution >= 4 is 11.6 Å². The van der Waals surface area contributed by atoms with Gasteiger partial charge in [-0.3, -0.25) is 0 Å². The molecule has 0 aromatic carbocycles. The minimum atomic E-state index is -0.229. The second kappa shape index (κ2) is 3.64. The minimum absolute atomic E-state index is 0.229. The highest BCUT2D eigenvalue weighted by molar-refractivity contribution is 6.19. The molecule has 2 nitrogen and oxygen atoms in total. The Labute approximate surface area is 65.4 Å². The zero-order valence-electron chi connectivity index (χ0n) is 5.83. The van der Waals surface area contributed by atoms with Gasteiger partial charge in [0.15, 0.2) is 0 Å². The van der Waals surface area contributed by atoms with Gasteiger partial charge in [-0.25, -0.2) is 0 Å². The van der Waals surface area contributed by atoms with E-state index in [-0.39, 0.29) is 5.56 Å². The molecule has 0 N–H and O–H groups in total. The van der Waals surface area contributed by atoms with Crippen LogP contribution in [0.5, 0.6) is 0 Å². The molecule has 1 aromatic heterocycles. The molecule has 56 valence electrons. The summed E-state index contributed by atoms with van der Waals surface area (Å²) in [5.41, 5.74) is -0.229. The standard InChI is InChI=1S/C7H10ClNO/c1-10-7(8)6-9-4-2-3-5-9/h2-5,7H,6H2,1H3. The van der Waals surface area contributed by atoms with Crippen LogP contribution in [0.3, 0.4) is 0 Å². The van der Waals surface area contributed by atoms with Crippen LogP contribution in [0.25, 0.3) is 0 Å². The van der Waals surface area contributed by atoms with Crippen LogP contribution in [0.4, 0.5) is 0 Å². The third-order valence-electron chi connectivity index (χ3n) is 1.28. The lowest BCUT2D eigenvalue weighted by atomic mass is 10.6. The molecule has 1 rings (SSSR count). The van der Waals surface area contributed by atoms with Crippen molar-refractivity contribution < 1.29 is 4.74 Å². The Morgan fingerprint density at radius 2 is 2.10 bits per heavy atom. The van der Waals surface area contributed by atoms with Crippen molar-refractivity contribution in [2.75, 3.05) is 7.11 Å². The maximum absolute atomic E-state index is 5.71. The van der Waals surface area contributed by atoms with Crippen LogP contribution in [0, 0.1) is 0 Å². The molecule has 0 bridgehead atoms. The van der Waals surface area contributed by atoms with Crippen molar-refractivity contribution in [3.63, 3.8) is 0 Å². The summed E-state index contributed by atoms with van der Waals surface area (Å²) < 4.78 is 6.84. The topological polar surface area (TPSA) is 14.2 Å². The van der Waals surface area contributed by atoms with Gasteiger partial charge in [-0.1, -0.05) is 11.6 Å². The fourth-order valence-electron chi connectivity index (χ4n) is 0.732. The number of aromatic nitrogens is 1. The van der Waals surface area contributed by atoms with E-state index in [2.05, 4.69) is 0 Å². The van der Waals surface area contributed by atoms with Crippen LogP contribution in [0.15, 0.2) is 24.5 Å². The molecular formula is C7H10ClNO. The maximum Gasteiger partial charge on any atom is 0.148 e. The molecule has 0 saturated carbocycles. The molecule has 3 heteroatoms. The Morgan fingerprint density at radius 1 is 1.50 bits per heavy atom. The summed E-state index contributed by atoms with van der Waals surface area (Å²) in [6.45, 7) is 0.699. The predicted molar refractivity (Wildman–Crippen MR) is 41.1 cm³/mol. The van der Waals surface area contributed by atoms with Gasteiger partial charge in [0.2, 0.25) is 0 Å². The first-order chi connectivity index (χ1) is 4.83. The third-order valence-corrected chi connectivity index (χ3v) is 1.59. The predicted octanol–water partition coefficient (Wildman–Crippen LogP) is 1.70. The van der Waals surface area contributed by atoms with Crippen LogP contribution in [-0.4, -0.2) is 17.2 Å². The quantitative estimate of drug-likeness (QED) is 0.613. The molecule has 0 spiro atoms. The highest BCUT2D eigenvalue weighted by atomic mass is 35.5. The maximum atomic E-state index is 5.71. The zero-order chi connectivity index (χ0) is 7.40. The third kappa shape index (κ3) is 2.05.